The first-order valence-electron chi connectivity index (χ1n) is 13.1. The highest BCUT2D eigenvalue weighted by molar-refractivity contribution is 6.32. The summed E-state index contributed by atoms with van der Waals surface area (Å²) >= 11 is 12.5. The lowest BCUT2D eigenvalue weighted by molar-refractivity contribution is 0.0954. The van der Waals surface area contributed by atoms with E-state index in [0.29, 0.717) is 70.6 Å². The van der Waals surface area contributed by atoms with Crippen molar-refractivity contribution < 1.29 is 23.7 Å². The van der Waals surface area contributed by atoms with Crippen LogP contribution >= 0.6 is 23.2 Å². The van der Waals surface area contributed by atoms with Gasteiger partial charge in [-0.15, -0.1) is 0 Å². The Morgan fingerprint density at radius 3 is 2.17 bits per heavy atom. The van der Waals surface area contributed by atoms with Crippen LogP contribution in [0.25, 0.3) is 0 Å². The fraction of sp³-hybridized carbons (Fsp3) is 0.188. The first kappa shape index (κ1) is 29.8. The van der Waals surface area contributed by atoms with E-state index in [0.717, 1.165) is 11.1 Å². The van der Waals surface area contributed by atoms with E-state index in [4.69, 9.17) is 42.1 Å². The van der Waals surface area contributed by atoms with Crippen LogP contribution < -0.4 is 24.4 Å². The molecule has 9 heteroatoms. The van der Waals surface area contributed by atoms with Crippen molar-refractivity contribution in [2.45, 2.75) is 27.1 Å². The second-order valence-electron chi connectivity index (χ2n) is 8.75. The summed E-state index contributed by atoms with van der Waals surface area (Å²) in [5.41, 5.74) is 5.50. The second-order valence-corrected chi connectivity index (χ2v) is 9.59. The zero-order valence-corrected chi connectivity index (χ0v) is 24.2. The van der Waals surface area contributed by atoms with Gasteiger partial charge in [-0.05, 0) is 73.0 Å². The lowest BCUT2D eigenvalue weighted by Crippen LogP contribution is -2.17. The van der Waals surface area contributed by atoms with Gasteiger partial charge < -0.3 is 18.9 Å². The smallest absolute Gasteiger partial charge is 0.271 e. The molecule has 0 saturated heterocycles. The van der Waals surface area contributed by atoms with Gasteiger partial charge >= 0.3 is 0 Å². The summed E-state index contributed by atoms with van der Waals surface area (Å²) < 4.78 is 23.3. The molecule has 0 aliphatic heterocycles. The summed E-state index contributed by atoms with van der Waals surface area (Å²) in [7, 11) is 0. The van der Waals surface area contributed by atoms with Crippen molar-refractivity contribution in [2.75, 3.05) is 13.2 Å². The van der Waals surface area contributed by atoms with Gasteiger partial charge in [-0.3, -0.25) is 4.79 Å². The van der Waals surface area contributed by atoms with E-state index in [1.165, 1.54) is 6.21 Å². The van der Waals surface area contributed by atoms with Crippen molar-refractivity contribution in [3.63, 3.8) is 0 Å². The van der Waals surface area contributed by atoms with Crippen LogP contribution in [0.2, 0.25) is 10.0 Å². The van der Waals surface area contributed by atoms with Gasteiger partial charge in [0.25, 0.3) is 5.91 Å². The van der Waals surface area contributed by atoms with Crippen LogP contribution in [0.5, 0.6) is 23.0 Å². The van der Waals surface area contributed by atoms with Crippen LogP contribution in [-0.4, -0.2) is 25.3 Å². The van der Waals surface area contributed by atoms with Crippen LogP contribution in [0.4, 0.5) is 0 Å². The van der Waals surface area contributed by atoms with E-state index in [-0.39, 0.29) is 0 Å². The summed E-state index contributed by atoms with van der Waals surface area (Å²) in [6.07, 6.45) is 1.48. The maximum atomic E-state index is 12.8. The molecule has 212 valence electrons. The molecular weight excluding hydrogens is 563 g/mol. The number of hydrogen-bond acceptors (Lipinski definition) is 6. The number of amides is 1. The molecule has 7 nitrogen and oxygen atoms in total. The Bertz CT molecular complexity index is 1480. The van der Waals surface area contributed by atoms with Gasteiger partial charge in [0.2, 0.25) is 0 Å². The predicted octanol–water partition coefficient (Wildman–Crippen LogP) is 7.71. The number of carbonyl (C=O) groups is 1. The van der Waals surface area contributed by atoms with Crippen molar-refractivity contribution in [1.82, 2.24) is 5.43 Å². The molecule has 0 radical (unpaired) electrons. The van der Waals surface area contributed by atoms with Crippen molar-refractivity contribution in [1.29, 1.82) is 0 Å². The zero-order valence-electron chi connectivity index (χ0n) is 22.7. The van der Waals surface area contributed by atoms with Gasteiger partial charge in [-0.1, -0.05) is 65.7 Å². The number of hydrazone groups is 1. The minimum absolute atomic E-state index is 0.292. The molecule has 4 rings (SSSR count). The van der Waals surface area contributed by atoms with E-state index in [2.05, 4.69) is 10.5 Å². The fourth-order valence-corrected chi connectivity index (χ4v) is 4.20. The topological polar surface area (TPSA) is 78.4 Å². The monoisotopic (exact) mass is 592 g/mol. The normalized spacial score (nSPS) is 10.8. The Morgan fingerprint density at radius 2 is 1.44 bits per heavy atom. The standard InChI is InChI=1S/C32H30Cl2N2O5/c1-3-38-29-18-25(12-15-28(29)40-20-22-8-6-5-7-9-22)32(37)36-35-19-24-16-27(34)31(30(17-24)39-4-2)41-21-23-10-13-26(33)14-11-23/h5-19H,3-4,20-21H2,1-2H3,(H,36,37)/b35-19+. The number of halogens is 2. The van der Waals surface area contributed by atoms with Crippen LogP contribution in [-0.2, 0) is 13.2 Å². The molecule has 0 aliphatic rings. The number of ether oxygens (including phenoxy) is 4. The Kier molecular flexibility index (Phi) is 10.9. The fourth-order valence-electron chi connectivity index (χ4n) is 3.80. The highest BCUT2D eigenvalue weighted by Gasteiger charge is 2.14. The molecule has 1 N–H and O–H groups in total. The van der Waals surface area contributed by atoms with Crippen LogP contribution in [0, 0.1) is 0 Å². The maximum absolute atomic E-state index is 12.8. The molecule has 1 amide bonds. The number of nitrogens with zero attached hydrogens (tertiary/aromatic N) is 1. The Hall–Kier alpha value is -4.20. The Labute approximate surface area is 249 Å². The highest BCUT2D eigenvalue weighted by atomic mass is 35.5. The molecule has 0 atom stereocenters. The molecule has 0 heterocycles. The van der Waals surface area contributed by atoms with E-state index in [9.17, 15) is 4.79 Å². The second kappa shape index (κ2) is 15.0. The van der Waals surface area contributed by atoms with E-state index in [1.807, 2.05) is 56.3 Å². The Balaban J connectivity index is 1.42. The molecule has 0 aromatic heterocycles. The third-order valence-electron chi connectivity index (χ3n) is 5.75. The summed E-state index contributed by atoms with van der Waals surface area (Å²) in [6.45, 7) is 5.25. The molecular formula is C32H30Cl2N2O5. The number of nitrogens with one attached hydrogen (secondary N) is 1. The van der Waals surface area contributed by atoms with E-state index < -0.39 is 5.91 Å². The lowest BCUT2D eigenvalue weighted by Gasteiger charge is -2.14. The summed E-state index contributed by atoms with van der Waals surface area (Å²) in [5, 5.41) is 5.10. The summed E-state index contributed by atoms with van der Waals surface area (Å²) in [4.78, 5) is 12.8. The van der Waals surface area contributed by atoms with Gasteiger partial charge in [0.15, 0.2) is 23.0 Å². The third kappa shape index (κ3) is 8.64. The highest BCUT2D eigenvalue weighted by Crippen LogP contribution is 2.37. The minimum atomic E-state index is -0.407. The zero-order chi connectivity index (χ0) is 29.0. The molecule has 4 aromatic rings. The number of hydrogen-bond donors (Lipinski definition) is 1. The van der Waals surface area contributed by atoms with Crippen LogP contribution in [0.1, 0.15) is 40.9 Å². The van der Waals surface area contributed by atoms with Gasteiger partial charge in [-0.25, -0.2) is 5.43 Å². The van der Waals surface area contributed by atoms with Gasteiger partial charge in [0, 0.05) is 10.6 Å². The minimum Gasteiger partial charge on any atom is -0.490 e. The van der Waals surface area contributed by atoms with Crippen molar-refractivity contribution >= 4 is 35.3 Å². The van der Waals surface area contributed by atoms with Gasteiger partial charge in [0.05, 0.1) is 24.5 Å². The first-order valence-corrected chi connectivity index (χ1v) is 13.8. The van der Waals surface area contributed by atoms with Gasteiger partial charge in [-0.2, -0.15) is 5.10 Å². The lowest BCUT2D eigenvalue weighted by atomic mass is 10.2. The number of rotatable bonds is 13. The molecule has 0 unspecified atom stereocenters. The average Bonchev–Trinajstić information content (AvgIpc) is 2.98. The third-order valence-corrected chi connectivity index (χ3v) is 6.28. The largest absolute Gasteiger partial charge is 0.490 e. The predicted molar refractivity (Wildman–Crippen MR) is 162 cm³/mol. The SMILES string of the molecule is CCOc1cc(C(=O)N/N=C/c2cc(Cl)c(OCc3ccc(Cl)cc3)c(OCC)c2)ccc1OCc1ccccc1. The van der Waals surface area contributed by atoms with Crippen LogP contribution in [0.3, 0.4) is 0 Å². The van der Waals surface area contributed by atoms with Gasteiger partial charge in [0.1, 0.15) is 13.2 Å². The summed E-state index contributed by atoms with van der Waals surface area (Å²) in [6, 6.07) is 25.6. The molecule has 0 bridgehead atoms. The van der Waals surface area contributed by atoms with Crippen molar-refractivity contribution in [3.8, 4) is 23.0 Å². The quantitative estimate of drug-likeness (QED) is 0.127. The molecule has 0 aliphatic carbocycles. The maximum Gasteiger partial charge on any atom is 0.271 e. The Morgan fingerprint density at radius 1 is 0.756 bits per heavy atom. The molecule has 0 fully saturated rings. The van der Waals surface area contributed by atoms with Crippen LogP contribution in [0.15, 0.2) is 90.0 Å². The summed E-state index contributed by atoms with van der Waals surface area (Å²) in [5.74, 6) is 1.50. The van der Waals surface area contributed by atoms with Crippen molar-refractivity contribution in [3.05, 3.63) is 117 Å². The number of benzene rings is 4. The van der Waals surface area contributed by atoms with Crippen molar-refractivity contribution in [2.24, 2.45) is 5.10 Å². The van der Waals surface area contributed by atoms with E-state index in [1.54, 1.807) is 42.5 Å². The molecule has 0 spiro atoms. The van der Waals surface area contributed by atoms with E-state index >= 15 is 0 Å². The molecule has 41 heavy (non-hydrogen) atoms. The average molecular weight is 594 g/mol. The number of carbonyl (C=O) groups excluding carboxylic acids is 1. The molecule has 4 aromatic carbocycles. The molecule has 0 saturated carbocycles. The first-order chi connectivity index (χ1) is 20.0.